The van der Waals surface area contributed by atoms with Crippen LogP contribution in [0.1, 0.15) is 18.7 Å². The molecule has 3 rings (SSSR count). The highest BCUT2D eigenvalue weighted by Gasteiger charge is 2.23. The minimum Gasteiger partial charge on any atom is -0.506 e. The highest BCUT2D eigenvalue weighted by atomic mass is 35.5. The summed E-state index contributed by atoms with van der Waals surface area (Å²) in [4.78, 5) is 8.64. The topological polar surface area (TPSA) is 58.0 Å². The van der Waals surface area contributed by atoms with E-state index in [1.165, 1.54) is 18.9 Å². The van der Waals surface area contributed by atoms with Crippen LogP contribution in [-0.2, 0) is 6.42 Å². The van der Waals surface area contributed by atoms with Crippen molar-refractivity contribution in [1.82, 2.24) is 9.97 Å². The lowest BCUT2D eigenvalue weighted by atomic mass is 10.2. The van der Waals surface area contributed by atoms with E-state index in [1.807, 2.05) is 0 Å². The Labute approximate surface area is 126 Å². The molecule has 0 bridgehead atoms. The fourth-order valence-electron chi connectivity index (χ4n) is 1.95. The van der Waals surface area contributed by atoms with Crippen LogP contribution in [0.2, 0.25) is 10.2 Å². The minimum atomic E-state index is 0.105. The van der Waals surface area contributed by atoms with Crippen molar-refractivity contribution in [2.45, 2.75) is 19.3 Å². The molecule has 0 spiro atoms. The van der Waals surface area contributed by atoms with Gasteiger partial charge in [-0.2, -0.15) is 0 Å². The summed E-state index contributed by atoms with van der Waals surface area (Å²) >= 11 is 11.9. The first-order valence-electron chi connectivity index (χ1n) is 6.39. The number of halogens is 2. The lowest BCUT2D eigenvalue weighted by Crippen LogP contribution is -2.01. The second kappa shape index (κ2) is 5.46. The van der Waals surface area contributed by atoms with Crippen LogP contribution in [0.3, 0.4) is 0 Å². The first-order chi connectivity index (χ1) is 9.60. The van der Waals surface area contributed by atoms with Crippen LogP contribution in [0.4, 0.5) is 11.5 Å². The van der Waals surface area contributed by atoms with Crippen LogP contribution in [0, 0.1) is 5.92 Å². The Kier molecular flexibility index (Phi) is 3.68. The predicted octanol–water partition coefficient (Wildman–Crippen LogP) is 4.19. The zero-order chi connectivity index (χ0) is 14.1. The molecule has 104 valence electrons. The Bertz CT molecular complexity index is 644. The van der Waals surface area contributed by atoms with E-state index in [4.69, 9.17) is 23.2 Å². The summed E-state index contributed by atoms with van der Waals surface area (Å²) in [7, 11) is 0. The number of aromatic nitrogens is 2. The minimum absolute atomic E-state index is 0.105. The molecule has 1 aliphatic carbocycles. The summed E-state index contributed by atoms with van der Waals surface area (Å²) in [5, 5.41) is 13.7. The van der Waals surface area contributed by atoms with E-state index < -0.39 is 0 Å². The van der Waals surface area contributed by atoms with Crippen LogP contribution in [0.15, 0.2) is 24.3 Å². The van der Waals surface area contributed by atoms with Gasteiger partial charge in [-0.1, -0.05) is 23.2 Å². The van der Waals surface area contributed by atoms with Crippen molar-refractivity contribution in [3.8, 4) is 5.75 Å². The molecule has 2 N–H and O–H groups in total. The van der Waals surface area contributed by atoms with Gasteiger partial charge in [-0.25, -0.2) is 9.97 Å². The molecule has 0 aliphatic heterocycles. The molecular weight excluding hydrogens is 297 g/mol. The van der Waals surface area contributed by atoms with Crippen LogP contribution >= 0.6 is 23.2 Å². The molecule has 1 fully saturated rings. The van der Waals surface area contributed by atoms with Crippen LogP contribution in [0.5, 0.6) is 5.75 Å². The van der Waals surface area contributed by atoms with Crippen molar-refractivity contribution >= 4 is 34.7 Å². The molecule has 6 heteroatoms. The van der Waals surface area contributed by atoms with Crippen molar-refractivity contribution in [2.24, 2.45) is 5.92 Å². The molecule has 1 saturated carbocycles. The van der Waals surface area contributed by atoms with Crippen LogP contribution in [-0.4, -0.2) is 15.1 Å². The highest BCUT2D eigenvalue weighted by molar-refractivity contribution is 6.31. The Morgan fingerprint density at radius 1 is 1.20 bits per heavy atom. The molecule has 2 aromatic rings. The second-order valence-corrected chi connectivity index (χ2v) is 5.75. The molecular formula is C14H13Cl2N3O. The molecule has 1 aromatic heterocycles. The lowest BCUT2D eigenvalue weighted by molar-refractivity contribution is 0.477. The second-order valence-electron chi connectivity index (χ2n) is 4.93. The molecule has 0 saturated heterocycles. The predicted molar refractivity (Wildman–Crippen MR) is 79.9 cm³/mol. The maximum absolute atomic E-state index is 9.79. The van der Waals surface area contributed by atoms with E-state index in [9.17, 15) is 5.11 Å². The van der Waals surface area contributed by atoms with E-state index in [2.05, 4.69) is 15.3 Å². The molecule has 0 amide bonds. The van der Waals surface area contributed by atoms with Crippen molar-refractivity contribution < 1.29 is 5.11 Å². The van der Waals surface area contributed by atoms with E-state index in [1.54, 1.807) is 18.2 Å². The molecule has 20 heavy (non-hydrogen) atoms. The quantitative estimate of drug-likeness (QED) is 0.657. The first kappa shape index (κ1) is 13.5. The molecule has 1 heterocycles. The van der Waals surface area contributed by atoms with Gasteiger partial charge >= 0.3 is 0 Å². The van der Waals surface area contributed by atoms with E-state index in [-0.39, 0.29) is 5.75 Å². The lowest BCUT2D eigenvalue weighted by Gasteiger charge is -2.09. The molecule has 0 unspecified atom stereocenters. The zero-order valence-corrected chi connectivity index (χ0v) is 12.1. The average molecular weight is 310 g/mol. The number of phenolic OH excluding ortho intramolecular Hbond substituents is 1. The molecule has 4 nitrogen and oxygen atoms in total. The van der Waals surface area contributed by atoms with Crippen LogP contribution < -0.4 is 5.32 Å². The van der Waals surface area contributed by atoms with Crippen molar-refractivity contribution in [3.63, 3.8) is 0 Å². The Morgan fingerprint density at radius 2 is 2.00 bits per heavy atom. The average Bonchev–Trinajstić information content (AvgIpc) is 3.17. The van der Waals surface area contributed by atoms with E-state index in [0.29, 0.717) is 27.6 Å². The molecule has 0 radical (unpaired) electrons. The third-order valence-electron chi connectivity index (χ3n) is 3.13. The molecule has 1 aromatic carbocycles. The van der Waals surface area contributed by atoms with Gasteiger partial charge in [0.25, 0.3) is 0 Å². The molecule has 0 atom stereocenters. The van der Waals surface area contributed by atoms with Crippen molar-refractivity contribution in [3.05, 3.63) is 40.3 Å². The smallest absolute Gasteiger partial charge is 0.139 e. The third kappa shape index (κ3) is 3.32. The standard InChI is InChI=1S/C14H13Cl2N3O/c15-9-3-4-11(20)10(6-9)17-14-7-12(16)18-13(19-14)5-8-1-2-8/h3-4,6-8,20H,1-2,5H2,(H,17,18,19). The number of rotatable bonds is 4. The molecule has 1 aliphatic rings. The summed E-state index contributed by atoms with van der Waals surface area (Å²) in [6, 6.07) is 6.40. The number of aromatic hydroxyl groups is 1. The van der Waals surface area contributed by atoms with E-state index in [0.717, 1.165) is 12.2 Å². The maximum Gasteiger partial charge on any atom is 0.139 e. The van der Waals surface area contributed by atoms with Gasteiger partial charge in [0.05, 0.1) is 5.69 Å². The number of benzene rings is 1. The normalized spacial score (nSPS) is 14.3. The zero-order valence-electron chi connectivity index (χ0n) is 10.6. The highest BCUT2D eigenvalue weighted by Crippen LogP contribution is 2.33. The van der Waals surface area contributed by atoms with E-state index >= 15 is 0 Å². The van der Waals surface area contributed by atoms with Gasteiger partial charge in [0.1, 0.15) is 22.5 Å². The van der Waals surface area contributed by atoms with Crippen molar-refractivity contribution in [1.29, 1.82) is 0 Å². The van der Waals surface area contributed by atoms with Gasteiger partial charge in [0.15, 0.2) is 0 Å². The Balaban J connectivity index is 1.85. The van der Waals surface area contributed by atoms with Gasteiger partial charge in [0.2, 0.25) is 0 Å². The largest absolute Gasteiger partial charge is 0.506 e. The Morgan fingerprint density at radius 3 is 2.75 bits per heavy atom. The number of phenols is 1. The maximum atomic E-state index is 9.79. The number of nitrogens with zero attached hydrogens (tertiary/aromatic N) is 2. The number of anilines is 2. The van der Waals surface area contributed by atoms with Crippen molar-refractivity contribution in [2.75, 3.05) is 5.32 Å². The van der Waals surface area contributed by atoms with Gasteiger partial charge in [-0.05, 0) is 37.0 Å². The van der Waals surface area contributed by atoms with Gasteiger partial charge in [-0.15, -0.1) is 0 Å². The first-order valence-corrected chi connectivity index (χ1v) is 7.15. The SMILES string of the molecule is Oc1ccc(Cl)cc1Nc1cc(Cl)nc(CC2CC2)n1. The number of hydrogen-bond acceptors (Lipinski definition) is 4. The third-order valence-corrected chi connectivity index (χ3v) is 3.56. The monoisotopic (exact) mass is 309 g/mol. The van der Waals surface area contributed by atoms with Gasteiger partial charge in [0, 0.05) is 17.5 Å². The fourth-order valence-corrected chi connectivity index (χ4v) is 2.32. The summed E-state index contributed by atoms with van der Waals surface area (Å²) in [6.07, 6.45) is 3.30. The summed E-state index contributed by atoms with van der Waals surface area (Å²) in [5.74, 6) is 2.07. The van der Waals surface area contributed by atoms with Gasteiger partial charge < -0.3 is 10.4 Å². The number of nitrogens with one attached hydrogen (secondary N) is 1. The number of hydrogen-bond donors (Lipinski definition) is 2. The summed E-state index contributed by atoms with van der Waals surface area (Å²) in [5.41, 5.74) is 0.490. The van der Waals surface area contributed by atoms with Gasteiger partial charge in [-0.3, -0.25) is 0 Å². The van der Waals surface area contributed by atoms with Crippen LogP contribution in [0.25, 0.3) is 0 Å². The summed E-state index contributed by atoms with van der Waals surface area (Å²) in [6.45, 7) is 0. The fraction of sp³-hybridized carbons (Fsp3) is 0.286. The summed E-state index contributed by atoms with van der Waals surface area (Å²) < 4.78 is 0. The Hall–Kier alpha value is -1.52.